The van der Waals surface area contributed by atoms with E-state index in [1.54, 1.807) is 18.2 Å². The molecule has 0 saturated carbocycles. The van der Waals surface area contributed by atoms with Crippen molar-refractivity contribution >= 4 is 22.6 Å². The molecule has 1 aliphatic rings. The molecule has 168 valence electrons. The Balaban J connectivity index is 1.63. The summed E-state index contributed by atoms with van der Waals surface area (Å²) in [5.41, 5.74) is 3.06. The molecule has 2 heterocycles. The lowest BCUT2D eigenvalue weighted by molar-refractivity contribution is -0.0943. The number of aromatic amines is 1. The highest BCUT2D eigenvalue weighted by Crippen LogP contribution is 2.20. The second kappa shape index (κ2) is 9.50. The van der Waals surface area contributed by atoms with Gasteiger partial charge in [-0.05, 0) is 49.1 Å². The van der Waals surface area contributed by atoms with Gasteiger partial charge in [0.05, 0.1) is 50.2 Å². The molecule has 0 unspecified atom stereocenters. The van der Waals surface area contributed by atoms with Crippen LogP contribution >= 0.6 is 0 Å². The highest BCUT2D eigenvalue weighted by Gasteiger charge is 2.24. The van der Waals surface area contributed by atoms with Gasteiger partial charge < -0.3 is 24.7 Å². The zero-order valence-electron chi connectivity index (χ0n) is 18.1. The SMILES string of the molecule is Cc1cc(C)c2[nH]c(=O)c(CN(C[C@@H]3COCCO3)C(=O)Nc3ccccc3F)cc2c1. The lowest BCUT2D eigenvalue weighted by Gasteiger charge is -2.30. The first-order valence-electron chi connectivity index (χ1n) is 10.5. The van der Waals surface area contributed by atoms with Crippen molar-refractivity contribution in [2.24, 2.45) is 0 Å². The molecule has 8 heteroatoms. The lowest BCUT2D eigenvalue weighted by Crippen LogP contribution is -2.44. The van der Waals surface area contributed by atoms with E-state index in [1.165, 1.54) is 17.0 Å². The van der Waals surface area contributed by atoms with Crippen molar-refractivity contribution in [3.63, 3.8) is 0 Å². The number of amides is 2. The number of H-pyrrole nitrogens is 1. The molecule has 4 rings (SSSR count). The summed E-state index contributed by atoms with van der Waals surface area (Å²) in [5.74, 6) is -0.535. The second-order valence-electron chi connectivity index (χ2n) is 8.03. The van der Waals surface area contributed by atoms with Crippen LogP contribution in [0.1, 0.15) is 16.7 Å². The van der Waals surface area contributed by atoms with Gasteiger partial charge in [-0.2, -0.15) is 0 Å². The van der Waals surface area contributed by atoms with Gasteiger partial charge in [0.25, 0.3) is 5.56 Å². The second-order valence-corrected chi connectivity index (χ2v) is 8.03. The minimum absolute atomic E-state index is 0.0401. The van der Waals surface area contributed by atoms with E-state index in [1.807, 2.05) is 26.0 Å². The number of hydrogen-bond donors (Lipinski definition) is 2. The largest absolute Gasteiger partial charge is 0.376 e. The fourth-order valence-electron chi connectivity index (χ4n) is 3.92. The van der Waals surface area contributed by atoms with E-state index in [0.29, 0.717) is 25.4 Å². The van der Waals surface area contributed by atoms with Gasteiger partial charge >= 0.3 is 6.03 Å². The van der Waals surface area contributed by atoms with E-state index in [9.17, 15) is 14.0 Å². The molecular weight excluding hydrogens is 413 g/mol. The maximum atomic E-state index is 14.1. The normalized spacial score (nSPS) is 16.2. The number of nitrogens with zero attached hydrogens (tertiary/aromatic N) is 1. The molecular formula is C24H26FN3O4. The molecule has 2 amide bonds. The number of rotatable bonds is 5. The first-order chi connectivity index (χ1) is 15.4. The Hall–Kier alpha value is -3.23. The number of carbonyl (C=O) groups is 1. The molecule has 1 fully saturated rings. The molecule has 0 bridgehead atoms. The summed E-state index contributed by atoms with van der Waals surface area (Å²) in [4.78, 5) is 30.2. The average molecular weight is 439 g/mol. The zero-order valence-corrected chi connectivity index (χ0v) is 18.1. The fourth-order valence-corrected chi connectivity index (χ4v) is 3.92. The van der Waals surface area contributed by atoms with Crippen LogP contribution in [0.4, 0.5) is 14.9 Å². The Morgan fingerprint density at radius 2 is 2.03 bits per heavy atom. The fraction of sp³-hybridized carbons (Fsp3) is 0.333. The van der Waals surface area contributed by atoms with Crippen LogP contribution in [0, 0.1) is 19.7 Å². The van der Waals surface area contributed by atoms with Crippen LogP contribution in [0.5, 0.6) is 0 Å². The zero-order chi connectivity index (χ0) is 22.7. The van der Waals surface area contributed by atoms with Gasteiger partial charge in [0.15, 0.2) is 0 Å². The molecule has 3 aromatic rings. The third-order valence-electron chi connectivity index (χ3n) is 5.44. The van der Waals surface area contributed by atoms with Crippen LogP contribution in [0.25, 0.3) is 10.9 Å². The van der Waals surface area contributed by atoms with E-state index < -0.39 is 11.8 Å². The topological polar surface area (TPSA) is 83.7 Å². The Morgan fingerprint density at radius 3 is 2.78 bits per heavy atom. The molecule has 2 N–H and O–H groups in total. The number of fused-ring (bicyclic) bond motifs is 1. The third kappa shape index (κ3) is 4.98. The summed E-state index contributed by atoms with van der Waals surface area (Å²) < 4.78 is 25.2. The van der Waals surface area contributed by atoms with E-state index >= 15 is 0 Å². The van der Waals surface area contributed by atoms with Gasteiger partial charge in [0, 0.05) is 5.56 Å². The van der Waals surface area contributed by atoms with Crippen LogP contribution in [0.2, 0.25) is 0 Å². The number of aromatic nitrogens is 1. The highest BCUT2D eigenvalue weighted by atomic mass is 19.1. The van der Waals surface area contributed by atoms with Crippen LogP contribution < -0.4 is 10.9 Å². The number of aryl methyl sites for hydroxylation is 2. The van der Waals surface area contributed by atoms with Gasteiger partial charge in [-0.25, -0.2) is 9.18 Å². The Labute approximate surface area is 185 Å². The van der Waals surface area contributed by atoms with E-state index in [0.717, 1.165) is 22.0 Å². The van der Waals surface area contributed by atoms with E-state index in [-0.39, 0.29) is 30.4 Å². The quantitative estimate of drug-likeness (QED) is 0.635. The molecule has 1 aliphatic heterocycles. The first-order valence-corrected chi connectivity index (χ1v) is 10.5. The minimum atomic E-state index is -0.535. The number of benzene rings is 2. The average Bonchev–Trinajstić information content (AvgIpc) is 2.76. The van der Waals surface area contributed by atoms with Crippen LogP contribution in [-0.4, -0.2) is 48.4 Å². The number of halogens is 1. The van der Waals surface area contributed by atoms with Crippen molar-refractivity contribution in [3.8, 4) is 0 Å². The number of carbonyl (C=O) groups excluding carboxylic acids is 1. The number of para-hydroxylation sites is 1. The summed E-state index contributed by atoms with van der Waals surface area (Å²) in [6.45, 7) is 5.45. The first kappa shape index (κ1) is 22.0. The standard InChI is InChI=1S/C24H26FN3O4/c1-15-9-16(2)22-17(10-15)11-18(23(29)27-22)12-28(13-19-14-31-7-8-32-19)24(30)26-21-6-4-3-5-20(21)25/h3-6,9-11,19H,7-8,12-14H2,1-2H3,(H,26,30)(H,27,29)/t19-/m1/s1. The summed E-state index contributed by atoms with van der Waals surface area (Å²) in [6.07, 6.45) is -0.334. The maximum Gasteiger partial charge on any atom is 0.322 e. The molecule has 1 atom stereocenters. The van der Waals surface area contributed by atoms with Crippen LogP contribution in [0.15, 0.2) is 47.3 Å². The van der Waals surface area contributed by atoms with Gasteiger partial charge in [-0.15, -0.1) is 0 Å². The maximum absolute atomic E-state index is 14.1. The Morgan fingerprint density at radius 1 is 1.22 bits per heavy atom. The van der Waals surface area contributed by atoms with Gasteiger partial charge in [0.1, 0.15) is 5.82 Å². The predicted octanol–water partition coefficient (Wildman–Crippen LogP) is 3.73. The molecule has 1 aromatic heterocycles. The van der Waals surface area contributed by atoms with Crippen molar-refractivity contribution in [2.75, 3.05) is 31.7 Å². The third-order valence-corrected chi connectivity index (χ3v) is 5.44. The number of hydrogen-bond acceptors (Lipinski definition) is 4. The number of urea groups is 1. The van der Waals surface area contributed by atoms with Crippen molar-refractivity contribution in [3.05, 3.63) is 75.3 Å². The lowest BCUT2D eigenvalue weighted by atomic mass is 10.1. The van der Waals surface area contributed by atoms with Gasteiger partial charge in [-0.3, -0.25) is 4.79 Å². The number of anilines is 1. The molecule has 0 spiro atoms. The summed E-state index contributed by atoms with van der Waals surface area (Å²) in [7, 11) is 0. The van der Waals surface area contributed by atoms with Crippen molar-refractivity contribution < 1.29 is 18.7 Å². The summed E-state index contributed by atoms with van der Waals surface area (Å²) in [6, 6.07) is 11.2. The molecule has 7 nitrogen and oxygen atoms in total. The van der Waals surface area contributed by atoms with Gasteiger partial charge in [-0.1, -0.05) is 23.8 Å². The molecule has 0 radical (unpaired) electrons. The minimum Gasteiger partial charge on any atom is -0.376 e. The Bertz CT molecular complexity index is 1190. The van der Waals surface area contributed by atoms with Crippen molar-refractivity contribution in [2.45, 2.75) is 26.5 Å². The molecule has 0 aliphatic carbocycles. The summed E-state index contributed by atoms with van der Waals surface area (Å²) >= 11 is 0. The van der Waals surface area contributed by atoms with Gasteiger partial charge in [0.2, 0.25) is 0 Å². The number of ether oxygens (including phenoxy) is 2. The van der Waals surface area contributed by atoms with Crippen LogP contribution in [-0.2, 0) is 16.0 Å². The highest BCUT2D eigenvalue weighted by molar-refractivity contribution is 5.89. The monoisotopic (exact) mass is 439 g/mol. The number of pyridine rings is 1. The van der Waals surface area contributed by atoms with E-state index in [4.69, 9.17) is 9.47 Å². The summed E-state index contributed by atoms with van der Waals surface area (Å²) in [5, 5.41) is 3.49. The molecule has 1 saturated heterocycles. The number of nitrogens with one attached hydrogen (secondary N) is 2. The van der Waals surface area contributed by atoms with Crippen LogP contribution in [0.3, 0.4) is 0 Å². The molecule has 32 heavy (non-hydrogen) atoms. The van der Waals surface area contributed by atoms with Crippen molar-refractivity contribution in [1.82, 2.24) is 9.88 Å². The molecule has 2 aromatic carbocycles. The Kier molecular flexibility index (Phi) is 6.53. The predicted molar refractivity (Wildman–Crippen MR) is 120 cm³/mol. The smallest absolute Gasteiger partial charge is 0.322 e. The van der Waals surface area contributed by atoms with Crippen molar-refractivity contribution in [1.29, 1.82) is 0 Å². The van der Waals surface area contributed by atoms with E-state index in [2.05, 4.69) is 10.3 Å².